The summed E-state index contributed by atoms with van der Waals surface area (Å²) in [5, 5.41) is 7.37. The van der Waals surface area contributed by atoms with Crippen LogP contribution in [0.2, 0.25) is 0 Å². The zero-order valence-electron chi connectivity index (χ0n) is 26.1. The Morgan fingerprint density at radius 3 is 1.69 bits per heavy atom. The molecule has 0 amide bonds. The van der Waals surface area contributed by atoms with E-state index in [9.17, 15) is 0 Å². The third kappa shape index (κ3) is 4.04. The zero-order chi connectivity index (χ0) is 31.6. The molecule has 0 unspecified atom stereocenters. The van der Waals surface area contributed by atoms with Crippen molar-refractivity contribution in [2.45, 2.75) is 0 Å². The van der Waals surface area contributed by atoms with Crippen LogP contribution in [-0.2, 0) is 0 Å². The van der Waals surface area contributed by atoms with Crippen LogP contribution in [0.4, 0.5) is 0 Å². The Morgan fingerprint density at radius 1 is 0.354 bits per heavy atom. The molecular weight excluding hydrogens is 583 g/mol. The fourth-order valence-corrected chi connectivity index (χ4v) is 7.52. The molecule has 224 valence electrons. The molecule has 0 saturated carbocycles. The fraction of sp³-hybridized carbons (Fsp3) is 0. The van der Waals surface area contributed by atoms with Gasteiger partial charge in [0.05, 0.1) is 27.8 Å². The summed E-state index contributed by atoms with van der Waals surface area (Å²) >= 11 is 0. The summed E-state index contributed by atoms with van der Waals surface area (Å²) in [6, 6.07) is 63.0. The highest BCUT2D eigenvalue weighted by Crippen LogP contribution is 2.41. The van der Waals surface area contributed by atoms with Gasteiger partial charge >= 0.3 is 0 Å². The van der Waals surface area contributed by atoms with Gasteiger partial charge in [-0.2, -0.15) is 0 Å². The maximum atomic E-state index is 5.34. The van der Waals surface area contributed by atoms with Crippen molar-refractivity contribution < 1.29 is 0 Å². The Hall–Kier alpha value is -6.45. The summed E-state index contributed by atoms with van der Waals surface area (Å²) in [6.07, 6.45) is 0. The van der Waals surface area contributed by atoms with Gasteiger partial charge in [-0.3, -0.25) is 4.57 Å². The lowest BCUT2D eigenvalue weighted by Crippen LogP contribution is -2.00. The highest BCUT2D eigenvalue weighted by atomic mass is 15.1. The first-order chi connectivity index (χ1) is 23.8. The van der Waals surface area contributed by atoms with E-state index in [1.807, 2.05) is 0 Å². The minimum atomic E-state index is 0.903. The molecule has 0 bridgehead atoms. The third-order valence-corrected chi connectivity index (χ3v) is 9.67. The average Bonchev–Trinajstić information content (AvgIpc) is 3.67. The quantitative estimate of drug-likeness (QED) is 0.194. The molecule has 3 aromatic heterocycles. The lowest BCUT2D eigenvalue weighted by molar-refractivity contribution is 1.09. The van der Waals surface area contributed by atoms with Crippen molar-refractivity contribution in [3.63, 3.8) is 0 Å². The van der Waals surface area contributed by atoms with E-state index in [0.717, 1.165) is 39.4 Å². The van der Waals surface area contributed by atoms with Gasteiger partial charge in [0.25, 0.3) is 0 Å². The van der Waals surface area contributed by atoms with Gasteiger partial charge in [0, 0.05) is 38.2 Å². The molecule has 0 fully saturated rings. The monoisotopic (exact) mass is 611 g/mol. The molecule has 10 aromatic rings. The molecule has 3 heteroatoms. The van der Waals surface area contributed by atoms with E-state index >= 15 is 0 Å². The predicted octanol–water partition coefficient (Wildman–Crippen LogP) is 11.8. The molecule has 0 aliphatic carbocycles. The van der Waals surface area contributed by atoms with Crippen LogP contribution in [0.5, 0.6) is 0 Å². The molecule has 0 atom stereocenters. The van der Waals surface area contributed by atoms with Crippen LogP contribution in [0.25, 0.3) is 88.3 Å². The molecule has 3 heterocycles. The molecule has 0 radical (unpaired) electrons. The van der Waals surface area contributed by atoms with Gasteiger partial charge in [0.15, 0.2) is 0 Å². The first-order valence-electron chi connectivity index (χ1n) is 16.4. The van der Waals surface area contributed by atoms with E-state index in [1.165, 1.54) is 48.9 Å². The van der Waals surface area contributed by atoms with Crippen LogP contribution in [0.3, 0.4) is 0 Å². The highest BCUT2D eigenvalue weighted by Gasteiger charge is 2.19. The maximum Gasteiger partial charge on any atom is 0.138 e. The SMILES string of the molecule is c1ccc(-c2cc(-c3ccccc3)nc(-n3c4ccccc4c4cc5c(ccc6c7ccccc7n(-c7ccccc7)c56)cc43)c2)cc1. The molecule has 0 aliphatic rings. The summed E-state index contributed by atoms with van der Waals surface area (Å²) in [7, 11) is 0. The van der Waals surface area contributed by atoms with Crippen molar-refractivity contribution in [1.29, 1.82) is 0 Å². The van der Waals surface area contributed by atoms with Crippen LogP contribution >= 0.6 is 0 Å². The van der Waals surface area contributed by atoms with Crippen molar-refractivity contribution in [2.24, 2.45) is 0 Å². The van der Waals surface area contributed by atoms with Crippen molar-refractivity contribution in [3.8, 4) is 33.9 Å². The van der Waals surface area contributed by atoms with E-state index < -0.39 is 0 Å². The third-order valence-electron chi connectivity index (χ3n) is 9.67. The minimum absolute atomic E-state index is 0.903. The van der Waals surface area contributed by atoms with Crippen LogP contribution in [0, 0.1) is 0 Å². The molecule has 0 saturated heterocycles. The predicted molar refractivity (Wildman–Crippen MR) is 201 cm³/mol. The topological polar surface area (TPSA) is 22.8 Å². The number of hydrogen-bond donors (Lipinski definition) is 0. The minimum Gasteiger partial charge on any atom is -0.309 e. The molecule has 7 aromatic carbocycles. The number of benzene rings is 7. The zero-order valence-corrected chi connectivity index (χ0v) is 26.1. The smallest absolute Gasteiger partial charge is 0.138 e. The summed E-state index contributed by atoms with van der Waals surface area (Å²) in [5.74, 6) is 0.903. The fourth-order valence-electron chi connectivity index (χ4n) is 7.52. The number of aromatic nitrogens is 3. The lowest BCUT2D eigenvalue weighted by Gasteiger charge is -2.13. The molecule has 0 N–H and O–H groups in total. The Labute approximate surface area is 277 Å². The van der Waals surface area contributed by atoms with Gasteiger partial charge in [-0.15, -0.1) is 0 Å². The number of para-hydroxylation sites is 3. The standard InChI is InChI=1S/C45H29N3/c1-4-14-30(15-5-1)33-26-40(31-16-6-2-7-17-31)46-44(28-33)48-42-23-13-11-21-36(42)39-29-38-32(27-43(39)48)24-25-37-35-20-10-12-22-41(35)47(45(37)38)34-18-8-3-9-19-34/h1-29H. The largest absolute Gasteiger partial charge is 0.309 e. The number of fused-ring (bicyclic) bond motifs is 8. The molecule has 0 aliphatic heterocycles. The second-order valence-electron chi connectivity index (χ2n) is 12.4. The Bertz CT molecular complexity index is 2750. The summed E-state index contributed by atoms with van der Waals surface area (Å²) in [6.45, 7) is 0. The van der Waals surface area contributed by atoms with Crippen LogP contribution < -0.4 is 0 Å². The van der Waals surface area contributed by atoms with Gasteiger partial charge in [-0.25, -0.2) is 4.98 Å². The van der Waals surface area contributed by atoms with Crippen LogP contribution in [0.1, 0.15) is 0 Å². The van der Waals surface area contributed by atoms with E-state index in [4.69, 9.17) is 4.98 Å². The summed E-state index contributed by atoms with van der Waals surface area (Å²) in [4.78, 5) is 5.34. The summed E-state index contributed by atoms with van der Waals surface area (Å²) < 4.78 is 4.77. The van der Waals surface area contributed by atoms with Crippen molar-refractivity contribution in [3.05, 3.63) is 176 Å². The summed E-state index contributed by atoms with van der Waals surface area (Å²) in [5.41, 5.74) is 10.2. The highest BCUT2D eigenvalue weighted by molar-refractivity contribution is 6.22. The lowest BCUT2D eigenvalue weighted by atomic mass is 10.0. The first-order valence-corrected chi connectivity index (χ1v) is 16.4. The number of hydrogen-bond acceptors (Lipinski definition) is 1. The second kappa shape index (κ2) is 10.5. The van der Waals surface area contributed by atoms with Crippen molar-refractivity contribution in [1.82, 2.24) is 14.1 Å². The van der Waals surface area contributed by atoms with E-state index in [0.29, 0.717) is 0 Å². The van der Waals surface area contributed by atoms with Crippen LogP contribution in [-0.4, -0.2) is 14.1 Å². The van der Waals surface area contributed by atoms with E-state index in [1.54, 1.807) is 0 Å². The van der Waals surface area contributed by atoms with Gasteiger partial charge in [-0.05, 0) is 65.0 Å². The normalized spacial score (nSPS) is 11.8. The van der Waals surface area contributed by atoms with Crippen molar-refractivity contribution in [2.75, 3.05) is 0 Å². The van der Waals surface area contributed by atoms with Crippen molar-refractivity contribution >= 4 is 54.4 Å². The first kappa shape index (κ1) is 26.7. The van der Waals surface area contributed by atoms with E-state index in [-0.39, 0.29) is 0 Å². The maximum absolute atomic E-state index is 5.34. The molecule has 48 heavy (non-hydrogen) atoms. The van der Waals surface area contributed by atoms with Gasteiger partial charge < -0.3 is 4.57 Å². The average molecular weight is 612 g/mol. The molecular formula is C45H29N3. The Morgan fingerprint density at radius 2 is 0.958 bits per heavy atom. The molecule has 3 nitrogen and oxygen atoms in total. The number of nitrogens with zero attached hydrogens (tertiary/aromatic N) is 3. The number of pyridine rings is 1. The van der Waals surface area contributed by atoms with Crippen LogP contribution in [0.15, 0.2) is 176 Å². The Kier molecular flexibility index (Phi) is 5.87. The molecule has 0 spiro atoms. The second-order valence-corrected chi connectivity index (χ2v) is 12.4. The van der Waals surface area contributed by atoms with Gasteiger partial charge in [0.1, 0.15) is 5.82 Å². The van der Waals surface area contributed by atoms with Gasteiger partial charge in [0.2, 0.25) is 0 Å². The van der Waals surface area contributed by atoms with E-state index in [2.05, 4.69) is 185 Å². The van der Waals surface area contributed by atoms with Gasteiger partial charge in [-0.1, -0.05) is 127 Å². The Balaban J connectivity index is 1.31. The number of rotatable bonds is 4. The molecule has 10 rings (SSSR count).